The number of nitrogens with zero attached hydrogens (tertiary/aromatic N) is 2. The highest BCUT2D eigenvalue weighted by molar-refractivity contribution is 5.99. The Morgan fingerprint density at radius 3 is 2.40 bits per heavy atom. The minimum atomic E-state index is -1.24. The zero-order valence-electron chi connectivity index (χ0n) is 27.2. The van der Waals surface area contributed by atoms with E-state index in [2.05, 4.69) is 25.8 Å². The summed E-state index contributed by atoms with van der Waals surface area (Å²) < 4.78 is 6.06. The summed E-state index contributed by atoms with van der Waals surface area (Å²) in [5, 5.41) is 9.48. The van der Waals surface area contributed by atoms with Gasteiger partial charge in [-0.1, -0.05) is 73.9 Å². The first-order valence-corrected chi connectivity index (χ1v) is 16.5. The van der Waals surface area contributed by atoms with E-state index in [1.807, 2.05) is 48.5 Å². The van der Waals surface area contributed by atoms with Crippen molar-refractivity contribution in [1.82, 2.24) is 25.8 Å². The number of amides is 4. The summed E-state index contributed by atoms with van der Waals surface area (Å²) in [7, 11) is 3.27. The molecule has 2 fully saturated rings. The molecule has 1 aliphatic carbocycles. The number of fused-ring (bicyclic) bond motifs is 2. The molecule has 0 radical (unpaired) electrons. The molecule has 250 valence electrons. The van der Waals surface area contributed by atoms with E-state index in [-0.39, 0.29) is 17.6 Å². The van der Waals surface area contributed by atoms with Crippen LogP contribution in [0, 0.1) is 11.8 Å². The number of methoxy groups -OCH3 is 1. The van der Waals surface area contributed by atoms with E-state index in [0.717, 1.165) is 36.8 Å². The third-order valence-electron chi connectivity index (χ3n) is 9.70. The predicted octanol–water partition coefficient (Wildman–Crippen LogP) is 2.58. The fourth-order valence-corrected chi connectivity index (χ4v) is 7.20. The maximum Gasteiger partial charge on any atom is 0.270 e. The van der Waals surface area contributed by atoms with Crippen molar-refractivity contribution < 1.29 is 23.9 Å². The SMILES string of the molecule is CNC(=O)C1CC2CCCCC2CN1CC(OC)C(Cc1ccccc1)NC(=O)C(CC(N)=O)NC(=O)c1ccc2ccccc2n1. The Hall–Kier alpha value is -4.35. The Kier molecular flexibility index (Phi) is 11.6. The standard InChI is InChI=1S/C36H46N6O5/c1-38-36(46)31-19-25-13-6-7-14-26(25)21-42(31)22-32(47-2)29(18-23-10-4-3-5-11-23)40-35(45)30(20-33(37)43)41-34(44)28-17-16-24-12-8-9-15-27(24)39-28/h3-5,8-12,15-17,25-26,29-32H,6-7,13-14,18-22H2,1-2H3,(H2,37,43)(H,38,46)(H,40,45)(H,41,44). The number of para-hydroxylation sites is 1. The molecule has 2 aromatic carbocycles. The average molecular weight is 643 g/mol. The van der Waals surface area contributed by atoms with Gasteiger partial charge in [0.15, 0.2) is 0 Å². The van der Waals surface area contributed by atoms with E-state index >= 15 is 0 Å². The van der Waals surface area contributed by atoms with E-state index < -0.39 is 42.3 Å². The number of piperidine rings is 1. The second-order valence-corrected chi connectivity index (χ2v) is 12.8. The highest BCUT2D eigenvalue weighted by Crippen LogP contribution is 2.38. The van der Waals surface area contributed by atoms with Crippen molar-refractivity contribution in [3.05, 3.63) is 78.0 Å². The van der Waals surface area contributed by atoms with Crippen LogP contribution in [0.4, 0.5) is 0 Å². The number of benzene rings is 2. The summed E-state index contributed by atoms with van der Waals surface area (Å²) in [6.45, 7) is 1.21. The number of ether oxygens (including phenoxy) is 1. The Balaban J connectivity index is 1.37. The number of hydrogen-bond donors (Lipinski definition) is 4. The number of aromatic nitrogens is 1. The molecule has 2 aliphatic rings. The molecule has 0 spiro atoms. The van der Waals surface area contributed by atoms with Gasteiger partial charge in [0.2, 0.25) is 17.7 Å². The zero-order valence-corrected chi connectivity index (χ0v) is 27.2. The van der Waals surface area contributed by atoms with E-state index in [1.165, 1.54) is 12.8 Å². The molecule has 11 heteroatoms. The molecule has 0 bridgehead atoms. The van der Waals surface area contributed by atoms with Gasteiger partial charge >= 0.3 is 0 Å². The zero-order chi connectivity index (χ0) is 33.3. The topological polar surface area (TPSA) is 156 Å². The number of hydrogen-bond acceptors (Lipinski definition) is 7. The van der Waals surface area contributed by atoms with Crippen LogP contribution >= 0.6 is 0 Å². The molecule has 6 unspecified atom stereocenters. The van der Waals surface area contributed by atoms with E-state index in [9.17, 15) is 19.2 Å². The number of pyridine rings is 1. The average Bonchev–Trinajstić information content (AvgIpc) is 3.09. The first-order valence-electron chi connectivity index (χ1n) is 16.5. The molecule has 1 aliphatic heterocycles. The molecule has 47 heavy (non-hydrogen) atoms. The van der Waals surface area contributed by atoms with Gasteiger partial charge in [0.1, 0.15) is 11.7 Å². The van der Waals surface area contributed by atoms with E-state index in [0.29, 0.717) is 30.3 Å². The van der Waals surface area contributed by atoms with Crippen molar-refractivity contribution in [1.29, 1.82) is 0 Å². The quantitative estimate of drug-likeness (QED) is 0.223. The minimum absolute atomic E-state index is 0.0148. The Labute approximate surface area is 276 Å². The van der Waals surface area contributed by atoms with E-state index in [4.69, 9.17) is 10.5 Å². The van der Waals surface area contributed by atoms with Crippen LogP contribution < -0.4 is 21.7 Å². The molecule has 2 heterocycles. The van der Waals surface area contributed by atoms with Crippen LogP contribution in [0.5, 0.6) is 0 Å². The molecular formula is C36H46N6O5. The molecule has 1 saturated heterocycles. The van der Waals surface area contributed by atoms with Crippen molar-refractivity contribution in [2.24, 2.45) is 17.6 Å². The van der Waals surface area contributed by atoms with Crippen LogP contribution in [-0.4, -0.2) is 85.0 Å². The van der Waals surface area contributed by atoms with Crippen LogP contribution in [0.3, 0.4) is 0 Å². The molecule has 3 aromatic rings. The summed E-state index contributed by atoms with van der Waals surface area (Å²) in [6, 6.07) is 18.4. The molecule has 4 amide bonds. The van der Waals surface area contributed by atoms with Gasteiger partial charge in [-0.3, -0.25) is 24.1 Å². The highest BCUT2D eigenvalue weighted by atomic mass is 16.5. The monoisotopic (exact) mass is 642 g/mol. The first-order chi connectivity index (χ1) is 22.7. The molecule has 1 aromatic heterocycles. The Bertz CT molecular complexity index is 1550. The van der Waals surface area contributed by atoms with Crippen LogP contribution in [0.15, 0.2) is 66.7 Å². The smallest absolute Gasteiger partial charge is 0.270 e. The summed E-state index contributed by atoms with van der Waals surface area (Å²) >= 11 is 0. The Morgan fingerprint density at radius 1 is 0.957 bits per heavy atom. The number of carbonyl (C=O) groups excluding carboxylic acids is 4. The maximum absolute atomic E-state index is 13.9. The lowest BCUT2D eigenvalue weighted by Gasteiger charge is -2.46. The normalized spacial score (nSPS) is 21.5. The van der Waals surface area contributed by atoms with Gasteiger partial charge in [-0.15, -0.1) is 0 Å². The number of likely N-dealkylation sites (tertiary alicyclic amines) is 1. The Morgan fingerprint density at radius 2 is 1.68 bits per heavy atom. The molecule has 11 nitrogen and oxygen atoms in total. The predicted molar refractivity (Wildman–Crippen MR) is 179 cm³/mol. The van der Waals surface area contributed by atoms with Crippen molar-refractivity contribution in [3.63, 3.8) is 0 Å². The minimum Gasteiger partial charge on any atom is -0.378 e. The lowest BCUT2D eigenvalue weighted by molar-refractivity contribution is -0.132. The van der Waals surface area contributed by atoms with Gasteiger partial charge in [-0.25, -0.2) is 4.98 Å². The van der Waals surface area contributed by atoms with Gasteiger partial charge in [0.25, 0.3) is 5.91 Å². The second kappa shape index (κ2) is 16.0. The lowest BCUT2D eigenvalue weighted by Crippen LogP contribution is -2.60. The van der Waals surface area contributed by atoms with Gasteiger partial charge in [-0.05, 0) is 48.8 Å². The summed E-state index contributed by atoms with van der Waals surface area (Å²) in [5.41, 5.74) is 7.27. The fraction of sp³-hybridized carbons (Fsp3) is 0.472. The number of nitrogens with two attached hydrogens (primary N) is 1. The van der Waals surface area contributed by atoms with E-state index in [1.54, 1.807) is 32.4 Å². The van der Waals surface area contributed by atoms with Crippen molar-refractivity contribution in [3.8, 4) is 0 Å². The number of rotatable bonds is 13. The third-order valence-corrected chi connectivity index (χ3v) is 9.70. The lowest BCUT2D eigenvalue weighted by atomic mass is 9.72. The van der Waals surface area contributed by atoms with Gasteiger partial charge in [0.05, 0.1) is 30.1 Å². The number of nitrogens with one attached hydrogen (secondary N) is 3. The molecule has 5 rings (SSSR count). The van der Waals surface area contributed by atoms with Crippen molar-refractivity contribution in [2.45, 2.75) is 69.2 Å². The highest BCUT2D eigenvalue weighted by Gasteiger charge is 2.41. The fourth-order valence-electron chi connectivity index (χ4n) is 7.20. The van der Waals surface area contributed by atoms with Gasteiger partial charge < -0.3 is 26.4 Å². The van der Waals surface area contributed by atoms with Crippen molar-refractivity contribution in [2.75, 3.05) is 27.2 Å². The van der Waals surface area contributed by atoms with Crippen molar-refractivity contribution >= 4 is 34.5 Å². The third kappa shape index (κ3) is 8.72. The van der Waals surface area contributed by atoms with Crippen LogP contribution in [0.1, 0.15) is 54.6 Å². The molecule has 5 N–H and O–H groups in total. The maximum atomic E-state index is 13.9. The number of likely N-dealkylation sites (N-methyl/N-ethyl adjacent to an activating group) is 1. The van der Waals surface area contributed by atoms with Crippen LogP contribution in [0.25, 0.3) is 10.9 Å². The number of carbonyl (C=O) groups is 4. The van der Waals surface area contributed by atoms with Crippen LogP contribution in [-0.2, 0) is 25.5 Å². The number of primary amides is 1. The largest absolute Gasteiger partial charge is 0.378 e. The molecule has 1 saturated carbocycles. The summed E-state index contributed by atoms with van der Waals surface area (Å²) in [4.78, 5) is 59.0. The molecule has 6 atom stereocenters. The molecular weight excluding hydrogens is 596 g/mol. The van der Waals surface area contributed by atoms with Crippen LogP contribution in [0.2, 0.25) is 0 Å². The summed E-state index contributed by atoms with van der Waals surface area (Å²) in [5.74, 6) is -0.859. The van der Waals surface area contributed by atoms with Gasteiger partial charge in [-0.2, -0.15) is 0 Å². The first kappa shape index (κ1) is 34.0. The van der Waals surface area contributed by atoms with Gasteiger partial charge in [0, 0.05) is 32.6 Å². The summed E-state index contributed by atoms with van der Waals surface area (Å²) in [6.07, 6.45) is 5.02. The second-order valence-electron chi connectivity index (χ2n) is 12.8.